The van der Waals surface area contributed by atoms with Gasteiger partial charge in [0.05, 0.1) is 24.5 Å². The molecule has 0 spiro atoms. The Morgan fingerprint density at radius 1 is 1.21 bits per heavy atom. The molecule has 5 heteroatoms. The molecule has 19 heavy (non-hydrogen) atoms. The van der Waals surface area contributed by atoms with Crippen molar-refractivity contribution in [3.8, 4) is 0 Å². The Hall–Kier alpha value is -0.770. The summed E-state index contributed by atoms with van der Waals surface area (Å²) in [5, 5.41) is 0. The summed E-state index contributed by atoms with van der Waals surface area (Å²) in [5.74, 6) is -0.534. The Bertz CT molecular complexity index is 370. The molecule has 4 atom stereocenters. The number of hydrogen-bond acceptors (Lipinski definition) is 4. The minimum absolute atomic E-state index is 0.135. The molecule has 0 aromatic heterocycles. The first-order chi connectivity index (χ1) is 9.11. The molecule has 4 nitrogen and oxygen atoms in total. The molecule has 0 aliphatic heterocycles. The highest BCUT2D eigenvalue weighted by atomic mass is 35.5. The van der Waals surface area contributed by atoms with Crippen molar-refractivity contribution in [1.29, 1.82) is 0 Å². The maximum absolute atomic E-state index is 12.4. The summed E-state index contributed by atoms with van der Waals surface area (Å²) in [6.45, 7) is 4.18. The number of halogens is 1. The van der Waals surface area contributed by atoms with Gasteiger partial charge in [0.15, 0.2) is 0 Å². The van der Waals surface area contributed by atoms with Crippen LogP contribution in [0.25, 0.3) is 0 Å². The molecule has 108 valence electrons. The van der Waals surface area contributed by atoms with Crippen molar-refractivity contribution < 1.29 is 19.1 Å². The quantitative estimate of drug-likeness (QED) is 0.576. The van der Waals surface area contributed by atoms with E-state index in [1.807, 2.05) is 0 Å². The molecule has 0 heterocycles. The van der Waals surface area contributed by atoms with Crippen LogP contribution in [0.1, 0.15) is 33.1 Å². The van der Waals surface area contributed by atoms with Crippen LogP contribution in [0, 0.1) is 23.2 Å². The Labute approximate surface area is 118 Å². The van der Waals surface area contributed by atoms with E-state index in [-0.39, 0.29) is 29.7 Å². The summed E-state index contributed by atoms with van der Waals surface area (Å²) < 4.78 is 10.4. The SMILES string of the molecule is CCOC(=O)[C@@H]1[C@@H]2CC[C@@H](C2)[C@]1(CCl)C(=O)OCC. The van der Waals surface area contributed by atoms with E-state index in [9.17, 15) is 9.59 Å². The van der Waals surface area contributed by atoms with Crippen LogP contribution in [0.2, 0.25) is 0 Å². The molecule has 0 radical (unpaired) electrons. The zero-order chi connectivity index (χ0) is 14.0. The Morgan fingerprint density at radius 2 is 1.89 bits per heavy atom. The van der Waals surface area contributed by atoms with Gasteiger partial charge in [0.2, 0.25) is 0 Å². The van der Waals surface area contributed by atoms with Crippen molar-refractivity contribution in [1.82, 2.24) is 0 Å². The zero-order valence-corrected chi connectivity index (χ0v) is 12.2. The minimum Gasteiger partial charge on any atom is -0.466 e. The second kappa shape index (κ2) is 5.70. The van der Waals surface area contributed by atoms with Gasteiger partial charge in [-0.1, -0.05) is 0 Å². The Morgan fingerprint density at radius 3 is 2.47 bits per heavy atom. The summed E-state index contributed by atoms with van der Waals surface area (Å²) in [6, 6.07) is 0. The van der Waals surface area contributed by atoms with Crippen molar-refractivity contribution in [2.75, 3.05) is 19.1 Å². The Kier molecular flexibility index (Phi) is 4.39. The Balaban J connectivity index is 2.32. The van der Waals surface area contributed by atoms with Gasteiger partial charge < -0.3 is 9.47 Å². The average Bonchev–Trinajstić information content (AvgIpc) is 2.97. The van der Waals surface area contributed by atoms with E-state index in [1.54, 1.807) is 13.8 Å². The molecule has 0 N–H and O–H groups in total. The standard InChI is InChI=1S/C14H21ClO4/c1-3-18-12(16)11-9-5-6-10(7-9)14(11,8-15)13(17)19-4-2/h9-11H,3-8H2,1-2H3/t9-,10+,11+,14+/m1/s1. The van der Waals surface area contributed by atoms with E-state index >= 15 is 0 Å². The first-order valence-corrected chi connectivity index (χ1v) is 7.55. The second-order valence-corrected chi connectivity index (χ2v) is 5.66. The van der Waals surface area contributed by atoms with Crippen molar-refractivity contribution in [2.24, 2.45) is 23.2 Å². The van der Waals surface area contributed by atoms with E-state index in [1.165, 1.54) is 0 Å². The summed E-state index contributed by atoms with van der Waals surface area (Å²) in [6.07, 6.45) is 2.81. The molecule has 2 fully saturated rings. The molecule has 0 unspecified atom stereocenters. The third kappa shape index (κ3) is 2.14. The van der Waals surface area contributed by atoms with Crippen LogP contribution >= 0.6 is 11.6 Å². The van der Waals surface area contributed by atoms with Gasteiger partial charge >= 0.3 is 11.9 Å². The number of carbonyl (C=O) groups excluding carboxylic acids is 2. The highest BCUT2D eigenvalue weighted by Gasteiger charge is 2.65. The van der Waals surface area contributed by atoms with Crippen molar-refractivity contribution in [3.05, 3.63) is 0 Å². The highest BCUT2D eigenvalue weighted by Crippen LogP contribution is 2.61. The van der Waals surface area contributed by atoms with Crippen LogP contribution in [-0.2, 0) is 19.1 Å². The number of rotatable bonds is 5. The predicted molar refractivity (Wildman–Crippen MR) is 70.7 cm³/mol. The van der Waals surface area contributed by atoms with Gasteiger partial charge in [-0.3, -0.25) is 9.59 Å². The van der Waals surface area contributed by atoms with Crippen LogP contribution in [0.4, 0.5) is 0 Å². The van der Waals surface area contributed by atoms with Gasteiger partial charge in [-0.25, -0.2) is 0 Å². The summed E-state index contributed by atoms with van der Waals surface area (Å²) in [7, 11) is 0. The second-order valence-electron chi connectivity index (χ2n) is 5.39. The molecule has 0 amide bonds. The maximum atomic E-state index is 12.4. The molecule has 2 bridgehead atoms. The lowest BCUT2D eigenvalue weighted by molar-refractivity contribution is -0.171. The van der Waals surface area contributed by atoms with Gasteiger partial charge in [-0.2, -0.15) is 0 Å². The number of alkyl halides is 1. The first-order valence-electron chi connectivity index (χ1n) is 7.01. The number of carbonyl (C=O) groups is 2. The molecule has 2 aliphatic rings. The number of esters is 2. The van der Waals surface area contributed by atoms with E-state index in [0.29, 0.717) is 13.2 Å². The van der Waals surface area contributed by atoms with Crippen molar-refractivity contribution in [3.63, 3.8) is 0 Å². The normalized spacial score (nSPS) is 36.3. The van der Waals surface area contributed by atoms with Gasteiger partial charge in [-0.15, -0.1) is 11.6 Å². The zero-order valence-electron chi connectivity index (χ0n) is 11.5. The average molecular weight is 289 g/mol. The lowest BCUT2D eigenvalue weighted by atomic mass is 9.67. The lowest BCUT2D eigenvalue weighted by Crippen LogP contribution is -2.49. The molecular formula is C14H21ClO4. The third-order valence-electron chi connectivity index (χ3n) is 4.65. The van der Waals surface area contributed by atoms with E-state index in [2.05, 4.69) is 0 Å². The highest BCUT2D eigenvalue weighted by molar-refractivity contribution is 6.20. The monoisotopic (exact) mass is 288 g/mol. The van der Waals surface area contributed by atoms with Crippen LogP contribution in [0.3, 0.4) is 0 Å². The van der Waals surface area contributed by atoms with Crippen molar-refractivity contribution >= 4 is 23.5 Å². The predicted octanol–water partition coefficient (Wildman–Crippen LogP) is 2.38. The third-order valence-corrected chi connectivity index (χ3v) is 5.09. The van der Waals surface area contributed by atoms with Crippen LogP contribution in [-0.4, -0.2) is 31.0 Å². The van der Waals surface area contributed by atoms with Crippen LogP contribution in [0.15, 0.2) is 0 Å². The van der Waals surface area contributed by atoms with E-state index in [0.717, 1.165) is 19.3 Å². The molecular weight excluding hydrogens is 268 g/mol. The lowest BCUT2D eigenvalue weighted by Gasteiger charge is -2.38. The topological polar surface area (TPSA) is 52.6 Å². The van der Waals surface area contributed by atoms with Crippen molar-refractivity contribution in [2.45, 2.75) is 33.1 Å². The smallest absolute Gasteiger partial charge is 0.314 e. The fourth-order valence-electron chi connectivity index (χ4n) is 3.90. The fourth-order valence-corrected chi connectivity index (χ4v) is 4.40. The molecule has 2 rings (SSSR count). The van der Waals surface area contributed by atoms with Crippen LogP contribution in [0.5, 0.6) is 0 Å². The number of ether oxygens (including phenoxy) is 2. The number of fused-ring (bicyclic) bond motifs is 2. The minimum atomic E-state index is -0.868. The molecule has 2 aliphatic carbocycles. The van der Waals surface area contributed by atoms with E-state index in [4.69, 9.17) is 21.1 Å². The summed E-state index contributed by atoms with van der Waals surface area (Å²) >= 11 is 6.12. The molecule has 0 aromatic carbocycles. The fraction of sp³-hybridized carbons (Fsp3) is 0.857. The van der Waals surface area contributed by atoms with Gasteiger partial charge in [-0.05, 0) is 44.9 Å². The molecule has 0 saturated heterocycles. The first kappa shape index (κ1) is 14.6. The van der Waals surface area contributed by atoms with E-state index < -0.39 is 11.3 Å². The summed E-state index contributed by atoms with van der Waals surface area (Å²) in [5.41, 5.74) is -0.868. The van der Waals surface area contributed by atoms with Gasteiger partial charge in [0.1, 0.15) is 0 Å². The summed E-state index contributed by atoms with van der Waals surface area (Å²) in [4.78, 5) is 24.6. The molecule has 0 aromatic rings. The maximum Gasteiger partial charge on any atom is 0.314 e. The molecule has 2 saturated carbocycles. The largest absolute Gasteiger partial charge is 0.466 e. The number of hydrogen-bond donors (Lipinski definition) is 0. The van der Waals surface area contributed by atoms with Gasteiger partial charge in [0, 0.05) is 5.88 Å². The van der Waals surface area contributed by atoms with Gasteiger partial charge in [0.25, 0.3) is 0 Å². The van der Waals surface area contributed by atoms with Crippen LogP contribution < -0.4 is 0 Å².